The lowest BCUT2D eigenvalue weighted by atomic mass is 10.1. The molecule has 1 rings (SSSR count). The highest BCUT2D eigenvalue weighted by Gasteiger charge is 2.20. The first-order valence-electron chi connectivity index (χ1n) is 11.9. The minimum atomic E-state index is -0.661. The van der Waals surface area contributed by atoms with Gasteiger partial charge in [-0.1, -0.05) is 94.7 Å². The van der Waals surface area contributed by atoms with E-state index in [4.69, 9.17) is 9.47 Å². The summed E-state index contributed by atoms with van der Waals surface area (Å²) in [5.41, 5.74) is 1.77. The molecule has 0 spiro atoms. The van der Waals surface area contributed by atoms with Gasteiger partial charge in [-0.15, -0.1) is 0 Å². The maximum atomic E-state index is 12.1. The van der Waals surface area contributed by atoms with E-state index in [1.54, 1.807) is 13.8 Å². The van der Waals surface area contributed by atoms with Gasteiger partial charge in [0.2, 0.25) is 0 Å². The molecule has 0 amide bonds. The first-order chi connectivity index (χ1) is 15.1. The van der Waals surface area contributed by atoms with Crippen molar-refractivity contribution < 1.29 is 19.1 Å². The van der Waals surface area contributed by atoms with Crippen molar-refractivity contribution in [2.45, 2.75) is 85.0 Å². The maximum absolute atomic E-state index is 12.1. The van der Waals surface area contributed by atoms with Crippen molar-refractivity contribution in [2.75, 3.05) is 13.2 Å². The number of unbranched alkanes of at least 4 members (excludes halogenated alkanes) is 9. The van der Waals surface area contributed by atoms with Crippen LogP contribution < -0.4 is 0 Å². The van der Waals surface area contributed by atoms with Gasteiger partial charge in [-0.05, 0) is 43.9 Å². The average molecular weight is 429 g/mol. The van der Waals surface area contributed by atoms with Crippen molar-refractivity contribution in [2.24, 2.45) is 0 Å². The van der Waals surface area contributed by atoms with E-state index in [9.17, 15) is 9.59 Å². The maximum Gasteiger partial charge on any atom is 0.345 e. The lowest BCUT2D eigenvalue weighted by Gasteiger charge is -2.06. The number of allylic oxidation sites excluding steroid dienone is 1. The van der Waals surface area contributed by atoms with Crippen molar-refractivity contribution >= 4 is 24.1 Å². The number of hydrogen-bond donors (Lipinski definition) is 0. The topological polar surface area (TPSA) is 52.6 Å². The highest BCUT2D eigenvalue weighted by Crippen LogP contribution is 2.14. The molecule has 0 aromatic heterocycles. The highest BCUT2D eigenvalue weighted by atomic mass is 16.6. The van der Waals surface area contributed by atoms with Crippen LogP contribution in [0.25, 0.3) is 12.2 Å². The minimum absolute atomic E-state index is 0.0858. The summed E-state index contributed by atoms with van der Waals surface area (Å²) in [6, 6.07) is 7.73. The van der Waals surface area contributed by atoms with Gasteiger partial charge in [0.1, 0.15) is 5.57 Å². The number of carbonyl (C=O) groups excluding carboxylic acids is 2. The zero-order valence-corrected chi connectivity index (χ0v) is 19.7. The summed E-state index contributed by atoms with van der Waals surface area (Å²) in [5, 5.41) is 0. The molecule has 0 fully saturated rings. The second-order valence-corrected chi connectivity index (χ2v) is 7.69. The number of ether oxygens (including phenoxy) is 2. The molecular weight excluding hydrogens is 388 g/mol. The van der Waals surface area contributed by atoms with Crippen LogP contribution >= 0.6 is 0 Å². The molecule has 0 bridgehead atoms. The van der Waals surface area contributed by atoms with Gasteiger partial charge in [0.25, 0.3) is 0 Å². The highest BCUT2D eigenvalue weighted by molar-refractivity contribution is 6.17. The number of esters is 2. The van der Waals surface area contributed by atoms with Crippen LogP contribution in [-0.4, -0.2) is 25.2 Å². The number of carbonyl (C=O) groups is 2. The van der Waals surface area contributed by atoms with Crippen molar-refractivity contribution in [1.82, 2.24) is 0 Å². The first-order valence-corrected chi connectivity index (χ1v) is 11.9. The van der Waals surface area contributed by atoms with Crippen molar-refractivity contribution in [3.05, 3.63) is 47.0 Å². The minimum Gasteiger partial charge on any atom is -0.462 e. The zero-order valence-electron chi connectivity index (χ0n) is 19.7. The van der Waals surface area contributed by atoms with Crippen LogP contribution in [0.3, 0.4) is 0 Å². The monoisotopic (exact) mass is 428 g/mol. The summed E-state index contributed by atoms with van der Waals surface area (Å²) in [7, 11) is 0. The van der Waals surface area contributed by atoms with E-state index in [-0.39, 0.29) is 18.8 Å². The number of hydrogen-bond acceptors (Lipinski definition) is 4. The van der Waals surface area contributed by atoms with Gasteiger partial charge in [0, 0.05) is 0 Å². The first kappa shape index (κ1) is 26.7. The molecule has 0 N–H and O–H groups in total. The summed E-state index contributed by atoms with van der Waals surface area (Å²) >= 11 is 0. The molecule has 0 aliphatic rings. The molecule has 0 heterocycles. The second-order valence-electron chi connectivity index (χ2n) is 7.69. The lowest BCUT2D eigenvalue weighted by Crippen LogP contribution is -2.18. The Balaban J connectivity index is 2.45. The Bertz CT molecular complexity index is 666. The second kappa shape index (κ2) is 17.3. The Kier molecular flexibility index (Phi) is 14.9. The molecule has 0 aliphatic carbocycles. The summed E-state index contributed by atoms with van der Waals surface area (Å²) < 4.78 is 9.94. The van der Waals surface area contributed by atoms with Crippen molar-refractivity contribution in [3.63, 3.8) is 0 Å². The fourth-order valence-corrected chi connectivity index (χ4v) is 3.28. The van der Waals surface area contributed by atoms with E-state index >= 15 is 0 Å². The molecule has 0 aliphatic heterocycles. The van der Waals surface area contributed by atoms with Gasteiger partial charge in [0.05, 0.1) is 13.2 Å². The van der Waals surface area contributed by atoms with Crippen LogP contribution in [0.15, 0.2) is 35.9 Å². The van der Waals surface area contributed by atoms with Gasteiger partial charge >= 0.3 is 11.9 Å². The summed E-state index contributed by atoms with van der Waals surface area (Å²) in [6.45, 7) is 6.08. The molecular formula is C27H40O4. The summed E-state index contributed by atoms with van der Waals surface area (Å²) in [6.07, 6.45) is 19.0. The molecule has 0 radical (unpaired) electrons. The Labute approximate surface area is 188 Å². The zero-order chi connectivity index (χ0) is 22.7. The predicted octanol–water partition coefficient (Wildman–Crippen LogP) is 7.13. The number of benzene rings is 1. The molecule has 31 heavy (non-hydrogen) atoms. The standard InChI is InChI=1S/C27H40O4/c1-4-7-8-9-10-11-12-13-14-15-16-17-23-18-20-24(21-19-23)22-25(26(28)30-5-2)27(29)31-6-3/h16-22H,4-15H2,1-3H3. The van der Waals surface area contributed by atoms with Gasteiger partial charge in [-0.3, -0.25) is 0 Å². The largest absolute Gasteiger partial charge is 0.462 e. The Morgan fingerprint density at radius 3 is 1.71 bits per heavy atom. The van der Waals surface area contributed by atoms with Gasteiger partial charge < -0.3 is 9.47 Å². The third kappa shape index (κ3) is 12.2. The quantitative estimate of drug-likeness (QED) is 0.0924. The third-order valence-electron chi connectivity index (χ3n) is 5.02. The van der Waals surface area contributed by atoms with Gasteiger partial charge in [-0.2, -0.15) is 0 Å². The van der Waals surface area contributed by atoms with E-state index in [2.05, 4.69) is 19.1 Å². The van der Waals surface area contributed by atoms with Gasteiger partial charge in [0.15, 0.2) is 0 Å². The smallest absolute Gasteiger partial charge is 0.345 e. The average Bonchev–Trinajstić information content (AvgIpc) is 2.77. The molecule has 1 aromatic carbocycles. The summed E-state index contributed by atoms with van der Waals surface area (Å²) in [5.74, 6) is -1.32. The van der Waals surface area contributed by atoms with Crippen molar-refractivity contribution in [1.29, 1.82) is 0 Å². The lowest BCUT2D eigenvalue weighted by molar-refractivity contribution is -0.146. The molecule has 1 aromatic rings. The van der Waals surface area contributed by atoms with Crippen molar-refractivity contribution in [3.8, 4) is 0 Å². The van der Waals surface area contributed by atoms with Crippen LogP contribution in [0, 0.1) is 0 Å². The fraction of sp³-hybridized carbons (Fsp3) is 0.556. The Morgan fingerprint density at radius 1 is 0.710 bits per heavy atom. The third-order valence-corrected chi connectivity index (χ3v) is 5.02. The Hall–Kier alpha value is -2.36. The van der Waals surface area contributed by atoms with E-state index in [0.717, 1.165) is 17.5 Å². The molecule has 0 atom stereocenters. The van der Waals surface area contributed by atoms with E-state index in [0.29, 0.717) is 0 Å². The van der Waals surface area contributed by atoms with Gasteiger partial charge in [-0.25, -0.2) is 9.59 Å². The summed E-state index contributed by atoms with van der Waals surface area (Å²) in [4.78, 5) is 24.1. The molecule has 4 heteroatoms. The fourth-order valence-electron chi connectivity index (χ4n) is 3.28. The van der Waals surface area contributed by atoms with Crippen LogP contribution in [0.4, 0.5) is 0 Å². The van der Waals surface area contributed by atoms with Crippen LogP contribution in [0.5, 0.6) is 0 Å². The molecule has 0 unspecified atom stereocenters. The van der Waals surface area contributed by atoms with Crippen LogP contribution in [0.2, 0.25) is 0 Å². The van der Waals surface area contributed by atoms with E-state index in [1.807, 2.05) is 24.3 Å². The molecule has 4 nitrogen and oxygen atoms in total. The molecule has 0 saturated heterocycles. The predicted molar refractivity (Wildman–Crippen MR) is 129 cm³/mol. The number of rotatable bonds is 16. The van der Waals surface area contributed by atoms with Crippen LogP contribution in [0.1, 0.15) is 96.1 Å². The molecule has 172 valence electrons. The van der Waals surface area contributed by atoms with Crippen LogP contribution in [-0.2, 0) is 19.1 Å². The molecule has 0 saturated carbocycles. The SMILES string of the molecule is CCCCCCCCCCCC=Cc1ccc(C=C(C(=O)OCC)C(=O)OCC)cc1. The normalized spacial score (nSPS) is 10.8. The Morgan fingerprint density at radius 2 is 1.19 bits per heavy atom. The van der Waals surface area contributed by atoms with E-state index in [1.165, 1.54) is 63.9 Å². The van der Waals surface area contributed by atoms with E-state index < -0.39 is 11.9 Å².